The van der Waals surface area contributed by atoms with Gasteiger partial charge in [-0.2, -0.15) is 0 Å². The fourth-order valence-electron chi connectivity index (χ4n) is 3.74. The number of amidine groups is 1. The molecular formula is C21H23FN2O3S2. The van der Waals surface area contributed by atoms with E-state index in [2.05, 4.69) is 4.90 Å². The summed E-state index contributed by atoms with van der Waals surface area (Å²) in [6, 6.07) is 14.1. The maximum atomic E-state index is 13.2. The van der Waals surface area contributed by atoms with Crippen LogP contribution >= 0.6 is 11.8 Å². The predicted octanol–water partition coefficient (Wildman–Crippen LogP) is 3.15. The first-order valence-corrected chi connectivity index (χ1v) is 12.3. The Balaban J connectivity index is 1.46. The molecule has 1 saturated heterocycles. The number of benzene rings is 2. The Kier molecular flexibility index (Phi) is 5.83. The highest BCUT2D eigenvalue weighted by Crippen LogP contribution is 2.32. The second kappa shape index (κ2) is 8.36. The third kappa shape index (κ3) is 4.75. The van der Waals surface area contributed by atoms with Crippen molar-refractivity contribution >= 4 is 26.8 Å². The van der Waals surface area contributed by atoms with Crippen molar-refractivity contribution in [2.24, 2.45) is 4.99 Å². The molecule has 2 aliphatic rings. The largest absolute Gasteiger partial charge is 0.497 e. The molecular weight excluding hydrogens is 411 g/mol. The van der Waals surface area contributed by atoms with Gasteiger partial charge in [-0.15, -0.1) is 0 Å². The molecule has 2 aromatic rings. The van der Waals surface area contributed by atoms with Crippen molar-refractivity contribution in [2.45, 2.75) is 24.3 Å². The Bertz CT molecular complexity index is 992. The zero-order chi connectivity index (χ0) is 20.4. The van der Waals surface area contributed by atoms with E-state index in [1.54, 1.807) is 31.0 Å². The van der Waals surface area contributed by atoms with Crippen LogP contribution in [0.5, 0.6) is 5.75 Å². The van der Waals surface area contributed by atoms with Gasteiger partial charge in [-0.25, -0.2) is 12.8 Å². The van der Waals surface area contributed by atoms with Crippen LogP contribution in [0.2, 0.25) is 0 Å². The van der Waals surface area contributed by atoms with Crippen LogP contribution in [-0.4, -0.2) is 55.7 Å². The molecule has 2 heterocycles. The summed E-state index contributed by atoms with van der Waals surface area (Å²) in [5.41, 5.74) is 2.18. The minimum Gasteiger partial charge on any atom is -0.497 e. The number of nitrogens with zero attached hydrogens (tertiary/aromatic N) is 2. The lowest BCUT2D eigenvalue weighted by atomic mass is 10.1. The van der Waals surface area contributed by atoms with E-state index in [0.717, 1.165) is 27.8 Å². The quantitative estimate of drug-likeness (QED) is 0.699. The number of hydrogen-bond acceptors (Lipinski definition) is 6. The average molecular weight is 435 g/mol. The third-order valence-corrected chi connectivity index (χ3v) is 8.07. The average Bonchev–Trinajstić information content (AvgIpc) is 3.17. The third-order valence-electron chi connectivity index (χ3n) is 5.30. The summed E-state index contributed by atoms with van der Waals surface area (Å²) in [7, 11) is -1.41. The Labute approximate surface area is 174 Å². The summed E-state index contributed by atoms with van der Waals surface area (Å²) in [4.78, 5) is 6.88. The van der Waals surface area contributed by atoms with E-state index in [1.165, 1.54) is 12.1 Å². The van der Waals surface area contributed by atoms with E-state index in [-0.39, 0.29) is 29.4 Å². The molecule has 5 nitrogen and oxygen atoms in total. The Hall–Kier alpha value is -2.06. The second-order valence-electron chi connectivity index (χ2n) is 7.33. The monoisotopic (exact) mass is 434 g/mol. The standard InChI is InChI=1S/C21H23FN2O3S2/c1-27-18-8-4-16(5-9-18)12-28-21-23-19-13-29(25,26)14-20(19)24(21)11-10-15-2-6-17(22)7-3-15/h2-9,19-20H,10-14H2,1H3/t19-,20-/m1/s1. The second-order valence-corrected chi connectivity index (χ2v) is 10.4. The molecule has 0 unspecified atom stereocenters. The van der Waals surface area contributed by atoms with Crippen LogP contribution in [0, 0.1) is 5.82 Å². The van der Waals surface area contributed by atoms with Crippen molar-refractivity contribution < 1.29 is 17.5 Å². The van der Waals surface area contributed by atoms with Gasteiger partial charge in [0.25, 0.3) is 0 Å². The van der Waals surface area contributed by atoms with Gasteiger partial charge in [0, 0.05) is 12.3 Å². The van der Waals surface area contributed by atoms with Gasteiger partial charge < -0.3 is 9.64 Å². The SMILES string of the molecule is COc1ccc(CSC2=N[C@@H]3CS(=O)(=O)C[C@H]3N2CCc2ccc(F)cc2)cc1. The Morgan fingerprint density at radius 2 is 1.79 bits per heavy atom. The molecule has 0 radical (unpaired) electrons. The van der Waals surface area contributed by atoms with Crippen molar-refractivity contribution in [1.29, 1.82) is 0 Å². The van der Waals surface area contributed by atoms with E-state index in [4.69, 9.17) is 9.73 Å². The topological polar surface area (TPSA) is 59.0 Å². The van der Waals surface area contributed by atoms with E-state index in [1.807, 2.05) is 24.3 Å². The number of halogens is 1. The number of ether oxygens (including phenoxy) is 1. The summed E-state index contributed by atoms with van der Waals surface area (Å²) in [6.45, 7) is 0.663. The molecule has 0 aliphatic carbocycles. The minimum absolute atomic E-state index is 0.0983. The van der Waals surface area contributed by atoms with Crippen LogP contribution < -0.4 is 4.74 Å². The molecule has 0 N–H and O–H groups in total. The zero-order valence-corrected chi connectivity index (χ0v) is 17.8. The fourth-order valence-corrected chi connectivity index (χ4v) is 6.71. The number of rotatable bonds is 6. The number of hydrogen-bond donors (Lipinski definition) is 0. The minimum atomic E-state index is -3.05. The van der Waals surface area contributed by atoms with Gasteiger partial charge in [-0.1, -0.05) is 36.0 Å². The smallest absolute Gasteiger partial charge is 0.160 e. The molecule has 29 heavy (non-hydrogen) atoms. The number of thioether (sulfide) groups is 1. The molecule has 0 aromatic heterocycles. The molecule has 0 amide bonds. The summed E-state index contributed by atoms with van der Waals surface area (Å²) >= 11 is 1.63. The van der Waals surface area contributed by atoms with E-state index in [0.29, 0.717) is 13.0 Å². The molecule has 154 valence electrons. The highest BCUT2D eigenvalue weighted by molar-refractivity contribution is 8.13. The molecule has 8 heteroatoms. The van der Waals surface area contributed by atoms with Crippen molar-refractivity contribution in [3.63, 3.8) is 0 Å². The lowest BCUT2D eigenvalue weighted by Crippen LogP contribution is -2.40. The van der Waals surface area contributed by atoms with E-state index < -0.39 is 9.84 Å². The number of aliphatic imine (C=N–C) groups is 1. The molecule has 2 atom stereocenters. The van der Waals surface area contributed by atoms with Crippen molar-refractivity contribution in [1.82, 2.24) is 4.90 Å². The maximum absolute atomic E-state index is 13.2. The predicted molar refractivity (Wildman–Crippen MR) is 115 cm³/mol. The summed E-state index contributed by atoms with van der Waals surface area (Å²) in [5.74, 6) is 1.59. The first kappa shape index (κ1) is 20.2. The normalized spacial score (nSPS) is 22.4. The zero-order valence-electron chi connectivity index (χ0n) is 16.1. The molecule has 4 rings (SSSR count). The van der Waals surface area contributed by atoms with Gasteiger partial charge in [0.2, 0.25) is 0 Å². The van der Waals surface area contributed by atoms with Crippen molar-refractivity contribution in [2.75, 3.05) is 25.2 Å². The highest BCUT2D eigenvalue weighted by Gasteiger charge is 2.46. The number of fused-ring (bicyclic) bond motifs is 1. The summed E-state index contributed by atoms with van der Waals surface area (Å²) < 4.78 is 42.5. The van der Waals surface area contributed by atoms with Crippen LogP contribution in [-0.2, 0) is 22.0 Å². The first-order valence-electron chi connectivity index (χ1n) is 9.48. The van der Waals surface area contributed by atoms with E-state index in [9.17, 15) is 12.8 Å². The lowest BCUT2D eigenvalue weighted by molar-refractivity contribution is 0.352. The number of sulfone groups is 1. The van der Waals surface area contributed by atoms with Crippen molar-refractivity contribution in [3.8, 4) is 5.75 Å². The van der Waals surface area contributed by atoms with Gasteiger partial charge in [0.05, 0.1) is 30.7 Å². The molecule has 1 fully saturated rings. The van der Waals surface area contributed by atoms with Crippen molar-refractivity contribution in [3.05, 3.63) is 65.5 Å². The number of methoxy groups -OCH3 is 1. The van der Waals surface area contributed by atoms with Crippen LogP contribution in [0.3, 0.4) is 0 Å². The van der Waals surface area contributed by atoms with Gasteiger partial charge in [0.1, 0.15) is 11.6 Å². The molecule has 2 aromatic carbocycles. The Morgan fingerprint density at radius 3 is 2.48 bits per heavy atom. The molecule has 0 saturated carbocycles. The van der Waals surface area contributed by atoms with Gasteiger partial charge in [-0.3, -0.25) is 4.99 Å². The van der Waals surface area contributed by atoms with E-state index >= 15 is 0 Å². The lowest BCUT2D eigenvalue weighted by Gasteiger charge is -2.26. The van der Waals surface area contributed by atoms with Gasteiger partial charge >= 0.3 is 0 Å². The van der Waals surface area contributed by atoms with Crippen LogP contribution in [0.25, 0.3) is 0 Å². The van der Waals surface area contributed by atoms with Gasteiger partial charge in [-0.05, 0) is 41.8 Å². The first-order chi connectivity index (χ1) is 13.9. The maximum Gasteiger partial charge on any atom is 0.160 e. The fraction of sp³-hybridized carbons (Fsp3) is 0.381. The molecule has 0 spiro atoms. The molecule has 2 aliphatic heterocycles. The van der Waals surface area contributed by atoms with Crippen LogP contribution in [0.15, 0.2) is 53.5 Å². The molecule has 0 bridgehead atoms. The van der Waals surface area contributed by atoms with Gasteiger partial charge in [0.15, 0.2) is 15.0 Å². The van der Waals surface area contributed by atoms with Crippen LogP contribution in [0.4, 0.5) is 4.39 Å². The van der Waals surface area contributed by atoms with Crippen LogP contribution in [0.1, 0.15) is 11.1 Å². The summed E-state index contributed by atoms with van der Waals surface area (Å²) in [5, 5.41) is 0.896. The summed E-state index contributed by atoms with van der Waals surface area (Å²) in [6.07, 6.45) is 0.714. The highest BCUT2D eigenvalue weighted by atomic mass is 32.2. The Morgan fingerprint density at radius 1 is 1.10 bits per heavy atom.